The van der Waals surface area contributed by atoms with Gasteiger partial charge in [0.05, 0.1) is 7.11 Å². The molecule has 0 heterocycles. The summed E-state index contributed by atoms with van der Waals surface area (Å²) in [6.07, 6.45) is 4.97. The summed E-state index contributed by atoms with van der Waals surface area (Å²) in [5, 5.41) is 0. The van der Waals surface area contributed by atoms with Crippen LogP contribution < -0.4 is 4.74 Å². The van der Waals surface area contributed by atoms with E-state index in [1.807, 2.05) is 6.92 Å². The predicted octanol–water partition coefficient (Wildman–Crippen LogP) is 3.41. The smallest absolute Gasteiger partial charge is 0.130 e. The first-order valence-corrected chi connectivity index (χ1v) is 6.50. The zero-order valence-electron chi connectivity index (χ0n) is 11.0. The van der Waals surface area contributed by atoms with Crippen molar-refractivity contribution in [1.82, 2.24) is 0 Å². The molecule has 1 aromatic rings. The van der Waals surface area contributed by atoms with E-state index in [1.165, 1.54) is 0 Å². The molecule has 0 aromatic heterocycles. The van der Waals surface area contributed by atoms with Crippen molar-refractivity contribution in [3.8, 4) is 5.75 Å². The van der Waals surface area contributed by atoms with Crippen molar-refractivity contribution in [2.45, 2.75) is 44.9 Å². The van der Waals surface area contributed by atoms with Crippen LogP contribution in [0.5, 0.6) is 5.75 Å². The molecule has 0 aliphatic heterocycles. The molecule has 1 unspecified atom stereocenters. The van der Waals surface area contributed by atoms with Gasteiger partial charge in [0.2, 0.25) is 0 Å². The number of hydrogen-bond donors (Lipinski definition) is 0. The second-order valence-corrected chi connectivity index (χ2v) is 4.95. The monoisotopic (exact) mass is 250 g/mol. The van der Waals surface area contributed by atoms with Crippen LogP contribution in [0.25, 0.3) is 0 Å². The topological polar surface area (TPSA) is 26.3 Å². The van der Waals surface area contributed by atoms with Gasteiger partial charge in [0.25, 0.3) is 0 Å². The first kappa shape index (κ1) is 13.1. The lowest BCUT2D eigenvalue weighted by molar-refractivity contribution is -0.108. The molecule has 0 N–H and O–H groups in total. The number of rotatable bonds is 4. The number of ether oxygens (including phenoxy) is 1. The highest BCUT2D eigenvalue weighted by molar-refractivity contribution is 5.53. The van der Waals surface area contributed by atoms with Gasteiger partial charge < -0.3 is 9.53 Å². The lowest BCUT2D eigenvalue weighted by atomic mass is 9.86. The molecule has 18 heavy (non-hydrogen) atoms. The fourth-order valence-electron chi connectivity index (χ4n) is 2.70. The van der Waals surface area contributed by atoms with E-state index < -0.39 is 0 Å². The van der Waals surface area contributed by atoms with Crippen LogP contribution in [0.2, 0.25) is 0 Å². The normalized spacial score (nSPS) is 15.9. The van der Waals surface area contributed by atoms with E-state index in [0.717, 1.165) is 48.8 Å². The molecule has 1 aromatic carbocycles. The third-order valence-corrected chi connectivity index (χ3v) is 3.77. The summed E-state index contributed by atoms with van der Waals surface area (Å²) in [7, 11) is 1.62. The van der Waals surface area contributed by atoms with Crippen molar-refractivity contribution >= 4 is 6.29 Å². The molecule has 2 rings (SSSR count). The van der Waals surface area contributed by atoms with Crippen LogP contribution in [0.4, 0.5) is 4.39 Å². The van der Waals surface area contributed by atoms with E-state index in [9.17, 15) is 9.18 Å². The third kappa shape index (κ3) is 2.26. The van der Waals surface area contributed by atoms with Crippen molar-refractivity contribution in [3.05, 3.63) is 28.6 Å². The Bertz CT molecular complexity index is 454. The van der Waals surface area contributed by atoms with Crippen molar-refractivity contribution in [2.24, 2.45) is 0 Å². The summed E-state index contributed by atoms with van der Waals surface area (Å²) < 4.78 is 19.9. The highest BCUT2D eigenvalue weighted by Crippen LogP contribution is 2.36. The SMILES string of the molecule is COc1cc(C(C)CC=O)c(F)c2c1CCCC2. The number of benzene rings is 1. The Morgan fingerprint density at radius 3 is 2.67 bits per heavy atom. The fourth-order valence-corrected chi connectivity index (χ4v) is 2.70. The van der Waals surface area contributed by atoms with Gasteiger partial charge in [-0.05, 0) is 48.8 Å². The minimum Gasteiger partial charge on any atom is -0.496 e. The van der Waals surface area contributed by atoms with Crippen LogP contribution in [0, 0.1) is 5.82 Å². The minimum absolute atomic E-state index is 0.0939. The number of fused-ring (bicyclic) bond motifs is 1. The average Bonchev–Trinajstić information content (AvgIpc) is 2.40. The van der Waals surface area contributed by atoms with Crippen molar-refractivity contribution in [3.63, 3.8) is 0 Å². The maximum atomic E-state index is 14.5. The van der Waals surface area contributed by atoms with Gasteiger partial charge in [-0.3, -0.25) is 0 Å². The molecular formula is C15H19FO2. The van der Waals surface area contributed by atoms with Gasteiger partial charge in [0.1, 0.15) is 17.9 Å². The molecule has 1 aliphatic carbocycles. The minimum atomic E-state index is -0.125. The van der Waals surface area contributed by atoms with Crippen LogP contribution in [0.3, 0.4) is 0 Å². The second kappa shape index (κ2) is 5.51. The molecule has 1 atom stereocenters. The molecule has 0 amide bonds. The largest absolute Gasteiger partial charge is 0.496 e. The van der Waals surface area contributed by atoms with Crippen LogP contribution >= 0.6 is 0 Å². The average molecular weight is 250 g/mol. The first-order valence-electron chi connectivity index (χ1n) is 6.50. The zero-order chi connectivity index (χ0) is 13.1. The lowest BCUT2D eigenvalue weighted by Crippen LogP contribution is -2.11. The molecule has 0 spiro atoms. The number of carbonyl (C=O) groups is 1. The van der Waals surface area contributed by atoms with E-state index in [0.29, 0.717) is 12.0 Å². The van der Waals surface area contributed by atoms with E-state index in [-0.39, 0.29) is 11.7 Å². The molecule has 0 fully saturated rings. The van der Waals surface area contributed by atoms with Crippen molar-refractivity contribution in [2.75, 3.05) is 7.11 Å². The summed E-state index contributed by atoms with van der Waals surface area (Å²) in [5.41, 5.74) is 2.43. The fraction of sp³-hybridized carbons (Fsp3) is 0.533. The summed E-state index contributed by atoms with van der Waals surface area (Å²) >= 11 is 0. The molecule has 0 saturated carbocycles. The number of carbonyl (C=O) groups excluding carboxylic acids is 1. The van der Waals surface area contributed by atoms with Gasteiger partial charge in [0.15, 0.2) is 0 Å². The third-order valence-electron chi connectivity index (χ3n) is 3.77. The van der Waals surface area contributed by atoms with Gasteiger partial charge >= 0.3 is 0 Å². The molecule has 98 valence electrons. The Balaban J connectivity index is 2.51. The Hall–Kier alpha value is -1.38. The summed E-state index contributed by atoms with van der Waals surface area (Å²) in [4.78, 5) is 10.6. The molecule has 0 bridgehead atoms. The summed E-state index contributed by atoms with van der Waals surface area (Å²) in [6.45, 7) is 1.88. The number of halogens is 1. The van der Waals surface area contributed by atoms with Crippen LogP contribution in [0.15, 0.2) is 6.07 Å². The Morgan fingerprint density at radius 1 is 1.39 bits per heavy atom. The highest BCUT2D eigenvalue weighted by atomic mass is 19.1. The van der Waals surface area contributed by atoms with E-state index >= 15 is 0 Å². The van der Waals surface area contributed by atoms with Crippen LogP contribution in [-0.2, 0) is 17.6 Å². The van der Waals surface area contributed by atoms with Gasteiger partial charge in [0, 0.05) is 12.0 Å². The summed E-state index contributed by atoms with van der Waals surface area (Å²) in [6, 6.07) is 1.77. The Kier molecular flexibility index (Phi) is 4.00. The number of hydrogen-bond acceptors (Lipinski definition) is 2. The van der Waals surface area contributed by atoms with E-state index in [2.05, 4.69) is 0 Å². The van der Waals surface area contributed by atoms with Crippen molar-refractivity contribution in [1.29, 1.82) is 0 Å². The Labute approximate surface area is 107 Å². The molecule has 3 heteroatoms. The number of aldehydes is 1. The van der Waals surface area contributed by atoms with Gasteiger partial charge in [-0.2, -0.15) is 0 Å². The molecule has 1 aliphatic rings. The van der Waals surface area contributed by atoms with E-state index in [1.54, 1.807) is 13.2 Å². The van der Waals surface area contributed by atoms with E-state index in [4.69, 9.17) is 4.74 Å². The molecule has 0 radical (unpaired) electrons. The second-order valence-electron chi connectivity index (χ2n) is 4.95. The predicted molar refractivity (Wildman–Crippen MR) is 68.7 cm³/mol. The zero-order valence-corrected chi connectivity index (χ0v) is 11.0. The quantitative estimate of drug-likeness (QED) is 0.765. The molecule has 2 nitrogen and oxygen atoms in total. The molecular weight excluding hydrogens is 231 g/mol. The first-order chi connectivity index (χ1) is 8.69. The van der Waals surface area contributed by atoms with Crippen LogP contribution in [-0.4, -0.2) is 13.4 Å². The number of methoxy groups -OCH3 is 1. The van der Waals surface area contributed by atoms with Crippen LogP contribution in [0.1, 0.15) is 48.8 Å². The van der Waals surface area contributed by atoms with Gasteiger partial charge in [-0.15, -0.1) is 0 Å². The van der Waals surface area contributed by atoms with Gasteiger partial charge in [-0.25, -0.2) is 4.39 Å². The van der Waals surface area contributed by atoms with Crippen molar-refractivity contribution < 1.29 is 13.9 Å². The maximum absolute atomic E-state index is 14.5. The molecule has 0 saturated heterocycles. The highest BCUT2D eigenvalue weighted by Gasteiger charge is 2.23. The lowest BCUT2D eigenvalue weighted by Gasteiger charge is -2.23. The van der Waals surface area contributed by atoms with Gasteiger partial charge in [-0.1, -0.05) is 6.92 Å². The summed E-state index contributed by atoms with van der Waals surface area (Å²) in [5.74, 6) is 0.558. The maximum Gasteiger partial charge on any atom is 0.130 e. The standard InChI is InChI=1S/C15H19FO2/c1-10(7-8-17)13-9-14(18-2)11-5-3-4-6-12(11)15(13)16/h8-10H,3-7H2,1-2H3. The Morgan fingerprint density at radius 2 is 2.06 bits per heavy atom.